The smallest absolute Gasteiger partial charge is 0.406 e. The van der Waals surface area contributed by atoms with Gasteiger partial charge in [0.25, 0.3) is 5.91 Å². The molecule has 1 aromatic rings. The first-order valence-corrected chi connectivity index (χ1v) is 8.77. The van der Waals surface area contributed by atoms with Crippen LogP contribution in [-0.2, 0) is 14.3 Å². The molecule has 6 nitrogen and oxygen atoms in total. The minimum atomic E-state index is -4.88. The second kappa shape index (κ2) is 7.22. The molecule has 1 heterocycles. The maximum atomic E-state index is 12.5. The molecule has 2 rings (SSSR count). The summed E-state index contributed by atoms with van der Waals surface area (Å²) in [6.45, 7) is 1.55. The molecule has 0 aliphatic carbocycles. The van der Waals surface area contributed by atoms with Crippen LogP contribution in [0.4, 0.5) is 18.9 Å². The number of alkyl halides is 5. The van der Waals surface area contributed by atoms with E-state index in [1.165, 1.54) is 12.1 Å². The van der Waals surface area contributed by atoms with Crippen molar-refractivity contribution in [3.63, 3.8) is 0 Å². The monoisotopic (exact) mass is 488 g/mol. The van der Waals surface area contributed by atoms with E-state index in [0.717, 1.165) is 17.0 Å². The molecule has 138 valence electrons. The number of hydrogen-bond donors (Lipinski definition) is 1. The van der Waals surface area contributed by atoms with Crippen molar-refractivity contribution in [2.24, 2.45) is 5.73 Å². The van der Waals surface area contributed by atoms with E-state index < -0.39 is 40.6 Å². The summed E-state index contributed by atoms with van der Waals surface area (Å²) in [5.74, 6) is -1.85. The molecule has 0 aromatic heterocycles. The number of carbonyl (C=O) groups excluding carboxylic acids is 2. The van der Waals surface area contributed by atoms with Gasteiger partial charge in [-0.3, -0.25) is 20.2 Å². The van der Waals surface area contributed by atoms with Crippen LogP contribution in [0.15, 0.2) is 24.3 Å². The third kappa shape index (κ3) is 4.52. The van der Waals surface area contributed by atoms with Crippen LogP contribution in [0.25, 0.3) is 0 Å². The van der Waals surface area contributed by atoms with Gasteiger partial charge in [0.1, 0.15) is 5.75 Å². The second-order valence-electron chi connectivity index (χ2n) is 5.36. The van der Waals surface area contributed by atoms with E-state index in [1.807, 2.05) is 0 Å². The summed E-state index contributed by atoms with van der Waals surface area (Å²) in [4.78, 5) is 25.8. The van der Waals surface area contributed by atoms with Crippen LogP contribution in [0.5, 0.6) is 5.75 Å². The summed E-state index contributed by atoms with van der Waals surface area (Å²) < 4.78 is 45.0. The number of amides is 1. The fourth-order valence-electron chi connectivity index (χ4n) is 2.13. The van der Waals surface area contributed by atoms with E-state index in [4.69, 9.17) is 10.5 Å². The van der Waals surface area contributed by atoms with Crippen molar-refractivity contribution in [1.29, 1.82) is 0 Å². The highest BCUT2D eigenvalue weighted by atomic mass is 79.9. The number of halogens is 5. The Morgan fingerprint density at radius 2 is 2.08 bits per heavy atom. The summed E-state index contributed by atoms with van der Waals surface area (Å²) in [6.07, 6.45) is -7.66. The van der Waals surface area contributed by atoms with Crippen molar-refractivity contribution in [2.45, 2.75) is 30.1 Å². The van der Waals surface area contributed by atoms with Gasteiger partial charge in [-0.2, -0.15) is 0 Å². The molecular formula is C14H13Br2F3N2O4. The molecular weight excluding hydrogens is 477 g/mol. The molecule has 1 saturated heterocycles. The van der Waals surface area contributed by atoms with Crippen LogP contribution in [0.3, 0.4) is 0 Å². The van der Waals surface area contributed by atoms with Crippen molar-refractivity contribution in [1.82, 2.24) is 0 Å². The highest BCUT2D eigenvalue weighted by molar-refractivity contribution is 9.12. The predicted molar refractivity (Wildman–Crippen MR) is 89.6 cm³/mol. The third-order valence-corrected chi connectivity index (χ3v) is 5.87. The second-order valence-corrected chi connectivity index (χ2v) is 7.67. The lowest BCUT2D eigenvalue weighted by Crippen LogP contribution is -2.44. The average Bonchev–Trinajstić information content (AvgIpc) is 2.79. The van der Waals surface area contributed by atoms with Crippen molar-refractivity contribution in [3.8, 4) is 5.75 Å². The molecule has 0 saturated carbocycles. The molecule has 1 aromatic carbocycles. The highest BCUT2D eigenvalue weighted by Crippen LogP contribution is 2.32. The van der Waals surface area contributed by atoms with Crippen LogP contribution >= 0.6 is 31.9 Å². The van der Waals surface area contributed by atoms with Gasteiger partial charge >= 0.3 is 6.36 Å². The Kier molecular flexibility index (Phi) is 5.81. The van der Waals surface area contributed by atoms with Gasteiger partial charge in [0.05, 0.1) is 10.0 Å². The Hall–Kier alpha value is -1.17. The van der Waals surface area contributed by atoms with Gasteiger partial charge in [0.2, 0.25) is 0 Å². The van der Waals surface area contributed by atoms with Crippen LogP contribution in [0.2, 0.25) is 0 Å². The van der Waals surface area contributed by atoms with Gasteiger partial charge in [-0.25, -0.2) is 0 Å². The molecule has 0 bridgehead atoms. The Bertz CT molecular complexity index is 684. The largest absolute Gasteiger partial charge is 0.573 e. The molecule has 25 heavy (non-hydrogen) atoms. The van der Waals surface area contributed by atoms with Gasteiger partial charge in [-0.1, -0.05) is 37.9 Å². The minimum absolute atomic E-state index is 0.0182. The summed E-state index contributed by atoms with van der Waals surface area (Å²) in [5, 5.41) is 0.218. The van der Waals surface area contributed by atoms with E-state index in [1.54, 1.807) is 6.92 Å². The average molecular weight is 490 g/mol. The van der Waals surface area contributed by atoms with E-state index in [0.29, 0.717) is 0 Å². The summed E-state index contributed by atoms with van der Waals surface area (Å²) >= 11 is 6.34. The van der Waals surface area contributed by atoms with Gasteiger partial charge in [0.15, 0.2) is 18.2 Å². The van der Waals surface area contributed by atoms with Crippen LogP contribution in [-0.4, -0.2) is 40.2 Å². The van der Waals surface area contributed by atoms with Crippen molar-refractivity contribution in [2.75, 3.05) is 10.2 Å². The lowest BCUT2D eigenvalue weighted by molar-refractivity contribution is -0.274. The number of nitrogens with two attached hydrogens (primary N) is 1. The summed E-state index contributed by atoms with van der Waals surface area (Å²) in [6, 6.07) is 4.68. The van der Waals surface area contributed by atoms with Crippen molar-refractivity contribution < 1.29 is 32.2 Å². The summed E-state index contributed by atoms with van der Waals surface area (Å²) in [5.41, 5.74) is 5.75. The molecule has 1 fully saturated rings. The van der Waals surface area contributed by atoms with E-state index in [-0.39, 0.29) is 11.0 Å². The third-order valence-electron chi connectivity index (χ3n) is 3.32. The molecule has 11 heteroatoms. The van der Waals surface area contributed by atoms with Crippen molar-refractivity contribution >= 4 is 49.2 Å². The standard InChI is InChI=1S/C14H13Br2F3N2O4/c1-13(16,6-15)10(22)9-11(23)21(12(20)24-9)7-3-2-4-8(5-7)25-14(17,18)19/h2-5,9,12H,6,20H2,1H3. The zero-order chi connectivity index (χ0) is 19.0. The first kappa shape index (κ1) is 20.1. The normalized spacial score (nSPS) is 23.5. The van der Waals surface area contributed by atoms with E-state index >= 15 is 0 Å². The maximum Gasteiger partial charge on any atom is 0.573 e. The quantitative estimate of drug-likeness (QED) is 0.508. The number of Topliss-reactive ketones (excluding diaryl/α,β-unsaturated/α-hetero) is 1. The van der Waals surface area contributed by atoms with Gasteiger partial charge < -0.3 is 9.47 Å². The number of ether oxygens (including phenoxy) is 2. The molecule has 3 atom stereocenters. The number of ketones is 1. The Morgan fingerprint density at radius 1 is 1.44 bits per heavy atom. The van der Waals surface area contributed by atoms with E-state index in [9.17, 15) is 22.8 Å². The van der Waals surface area contributed by atoms with Gasteiger partial charge in [0, 0.05) is 11.4 Å². The van der Waals surface area contributed by atoms with Crippen molar-refractivity contribution in [3.05, 3.63) is 24.3 Å². The molecule has 3 unspecified atom stereocenters. The molecule has 2 N–H and O–H groups in total. The minimum Gasteiger partial charge on any atom is -0.406 e. The number of benzene rings is 1. The summed E-state index contributed by atoms with van der Waals surface area (Å²) in [7, 11) is 0. The molecule has 0 radical (unpaired) electrons. The number of nitrogens with zero attached hydrogens (tertiary/aromatic N) is 1. The molecule has 1 aliphatic heterocycles. The Labute approximate surface area is 157 Å². The first-order chi connectivity index (χ1) is 11.5. The Morgan fingerprint density at radius 3 is 2.64 bits per heavy atom. The zero-order valence-corrected chi connectivity index (χ0v) is 15.9. The lowest BCUT2D eigenvalue weighted by atomic mass is 10.0. The fraction of sp³-hybridized carbons (Fsp3) is 0.429. The topological polar surface area (TPSA) is 81.9 Å². The first-order valence-electron chi connectivity index (χ1n) is 6.85. The molecule has 1 aliphatic rings. The number of carbonyl (C=O) groups is 2. The molecule has 0 spiro atoms. The van der Waals surface area contributed by atoms with Gasteiger partial charge in [-0.05, 0) is 19.1 Å². The SMILES string of the molecule is CC(Br)(CBr)C(=O)C1OC(N)N(c2cccc(OC(F)(F)F)c2)C1=O. The number of anilines is 1. The van der Waals surface area contributed by atoms with Crippen LogP contribution in [0, 0.1) is 0 Å². The maximum absolute atomic E-state index is 12.5. The Balaban J connectivity index is 2.27. The van der Waals surface area contributed by atoms with Gasteiger partial charge in [-0.15, -0.1) is 13.2 Å². The van der Waals surface area contributed by atoms with E-state index in [2.05, 4.69) is 36.6 Å². The fourth-order valence-corrected chi connectivity index (χ4v) is 2.61. The van der Waals surface area contributed by atoms with Crippen LogP contribution in [0.1, 0.15) is 6.92 Å². The highest BCUT2D eigenvalue weighted by Gasteiger charge is 2.48. The number of rotatable bonds is 5. The number of hydrogen-bond acceptors (Lipinski definition) is 5. The van der Waals surface area contributed by atoms with Crippen LogP contribution < -0.4 is 15.4 Å². The lowest BCUT2D eigenvalue weighted by Gasteiger charge is -2.21. The predicted octanol–water partition coefficient (Wildman–Crippen LogP) is 2.68. The molecule has 1 amide bonds. The zero-order valence-electron chi connectivity index (χ0n) is 12.7.